The second-order valence-electron chi connectivity index (χ2n) is 10.1. The van der Waals surface area contributed by atoms with Crippen molar-refractivity contribution in [2.24, 2.45) is 0 Å². The summed E-state index contributed by atoms with van der Waals surface area (Å²) in [6, 6.07) is 0. The molecule has 0 aliphatic rings. The Balaban J connectivity index is 3.23. The second kappa shape index (κ2) is 30.0. The van der Waals surface area contributed by atoms with Crippen LogP contribution in [0.15, 0.2) is 24.3 Å². The number of ether oxygens (including phenoxy) is 1. The van der Waals surface area contributed by atoms with Crippen molar-refractivity contribution in [2.45, 2.75) is 168 Å². The van der Waals surface area contributed by atoms with Crippen molar-refractivity contribution >= 4 is 5.97 Å². The number of rotatable bonds is 27. The molecular weight excluding hydrogens is 416 g/mol. The molecule has 0 aliphatic heterocycles. The molecule has 2 heteroatoms. The van der Waals surface area contributed by atoms with Crippen LogP contribution in [0.5, 0.6) is 0 Å². The molecule has 0 saturated heterocycles. The molecule has 0 N–H and O–H groups in total. The first kappa shape index (κ1) is 33.0. The van der Waals surface area contributed by atoms with Crippen LogP contribution in [0.2, 0.25) is 0 Å². The van der Waals surface area contributed by atoms with Crippen molar-refractivity contribution < 1.29 is 9.53 Å². The van der Waals surface area contributed by atoms with Gasteiger partial charge in [-0.15, -0.1) is 0 Å². The predicted molar refractivity (Wildman–Crippen MR) is 151 cm³/mol. The lowest BCUT2D eigenvalue weighted by Gasteiger charge is -2.05. The van der Waals surface area contributed by atoms with E-state index in [2.05, 4.69) is 38.2 Å². The summed E-state index contributed by atoms with van der Waals surface area (Å²) in [6.07, 6.45) is 39.3. The van der Waals surface area contributed by atoms with Crippen LogP contribution in [0.25, 0.3) is 0 Å². The maximum atomic E-state index is 11.8. The Morgan fingerprint density at radius 3 is 1.47 bits per heavy atom. The predicted octanol–water partition coefficient (Wildman–Crippen LogP) is 11.0. The first-order valence-electron chi connectivity index (χ1n) is 15.3. The van der Waals surface area contributed by atoms with E-state index in [4.69, 9.17) is 4.74 Å². The van der Waals surface area contributed by atoms with E-state index < -0.39 is 0 Å². The molecule has 0 heterocycles. The highest BCUT2D eigenvalue weighted by molar-refractivity contribution is 5.69. The SMILES string of the molecule is CCCCCC=CCC=CCCCCCCCC(=O)OCCCCCCCCCCCCCC. The number of unbranched alkanes of at least 4 members (excludes halogenated alkanes) is 19. The average Bonchev–Trinajstić information content (AvgIpc) is 2.84. The Morgan fingerprint density at radius 1 is 0.500 bits per heavy atom. The van der Waals surface area contributed by atoms with Crippen molar-refractivity contribution in [1.29, 1.82) is 0 Å². The lowest BCUT2D eigenvalue weighted by Crippen LogP contribution is -2.05. The maximum Gasteiger partial charge on any atom is 0.305 e. The zero-order chi connectivity index (χ0) is 24.8. The second-order valence-corrected chi connectivity index (χ2v) is 10.1. The van der Waals surface area contributed by atoms with E-state index in [0.29, 0.717) is 13.0 Å². The number of carbonyl (C=O) groups is 1. The number of carbonyl (C=O) groups excluding carboxylic acids is 1. The van der Waals surface area contributed by atoms with Crippen LogP contribution in [-0.2, 0) is 9.53 Å². The molecule has 0 rings (SSSR count). The monoisotopic (exact) mass is 476 g/mol. The van der Waals surface area contributed by atoms with Gasteiger partial charge in [0.1, 0.15) is 0 Å². The van der Waals surface area contributed by atoms with Crippen molar-refractivity contribution in [3.05, 3.63) is 24.3 Å². The summed E-state index contributed by atoms with van der Waals surface area (Å²) in [4.78, 5) is 11.8. The Bertz CT molecular complexity index is 452. The van der Waals surface area contributed by atoms with Crippen LogP contribution in [0.1, 0.15) is 168 Å². The number of esters is 1. The summed E-state index contributed by atoms with van der Waals surface area (Å²) in [6.45, 7) is 5.15. The third-order valence-electron chi connectivity index (χ3n) is 6.59. The largest absolute Gasteiger partial charge is 0.466 e. The van der Waals surface area contributed by atoms with Gasteiger partial charge >= 0.3 is 5.97 Å². The van der Waals surface area contributed by atoms with Crippen LogP contribution in [-0.4, -0.2) is 12.6 Å². The highest BCUT2D eigenvalue weighted by Crippen LogP contribution is 2.12. The van der Waals surface area contributed by atoms with Crippen LogP contribution in [0.3, 0.4) is 0 Å². The van der Waals surface area contributed by atoms with E-state index in [9.17, 15) is 4.79 Å². The molecular formula is C32H60O2. The van der Waals surface area contributed by atoms with Crippen molar-refractivity contribution in [1.82, 2.24) is 0 Å². The Labute approximate surface area is 214 Å². The molecule has 2 nitrogen and oxygen atoms in total. The van der Waals surface area contributed by atoms with Crippen molar-refractivity contribution in [3.8, 4) is 0 Å². The minimum atomic E-state index is 0.00811. The van der Waals surface area contributed by atoms with Gasteiger partial charge in [-0.1, -0.05) is 141 Å². The first-order chi connectivity index (χ1) is 16.8. The van der Waals surface area contributed by atoms with Gasteiger partial charge in [-0.25, -0.2) is 0 Å². The normalized spacial score (nSPS) is 11.7. The van der Waals surface area contributed by atoms with Gasteiger partial charge in [0.2, 0.25) is 0 Å². The van der Waals surface area contributed by atoms with Crippen LogP contribution in [0, 0.1) is 0 Å². The third-order valence-corrected chi connectivity index (χ3v) is 6.59. The smallest absolute Gasteiger partial charge is 0.305 e. The molecule has 34 heavy (non-hydrogen) atoms. The minimum Gasteiger partial charge on any atom is -0.466 e. The van der Waals surface area contributed by atoms with Crippen molar-refractivity contribution in [2.75, 3.05) is 6.61 Å². The Hall–Kier alpha value is -1.05. The molecule has 0 fully saturated rings. The Kier molecular flexibility index (Phi) is 29.1. The first-order valence-corrected chi connectivity index (χ1v) is 15.3. The van der Waals surface area contributed by atoms with Gasteiger partial charge in [0.15, 0.2) is 0 Å². The summed E-state index contributed by atoms with van der Waals surface area (Å²) in [5.41, 5.74) is 0. The lowest BCUT2D eigenvalue weighted by molar-refractivity contribution is -0.143. The van der Waals surface area contributed by atoms with E-state index in [1.165, 1.54) is 122 Å². The molecule has 0 aromatic rings. The Morgan fingerprint density at radius 2 is 0.912 bits per heavy atom. The third kappa shape index (κ3) is 29.0. The number of allylic oxidation sites excluding steroid dienone is 4. The fraction of sp³-hybridized carbons (Fsp3) is 0.844. The molecule has 0 atom stereocenters. The van der Waals surface area contributed by atoms with Crippen LogP contribution < -0.4 is 0 Å². The fourth-order valence-electron chi connectivity index (χ4n) is 4.28. The highest BCUT2D eigenvalue weighted by atomic mass is 16.5. The molecule has 0 spiro atoms. The molecule has 0 unspecified atom stereocenters. The van der Waals surface area contributed by atoms with Gasteiger partial charge < -0.3 is 4.74 Å². The topological polar surface area (TPSA) is 26.3 Å². The zero-order valence-electron chi connectivity index (χ0n) is 23.3. The minimum absolute atomic E-state index is 0.00811. The van der Waals surface area contributed by atoms with Gasteiger partial charge in [0, 0.05) is 6.42 Å². The molecule has 0 bridgehead atoms. The van der Waals surface area contributed by atoms with Gasteiger partial charge in [0.25, 0.3) is 0 Å². The molecule has 0 radical (unpaired) electrons. The van der Waals surface area contributed by atoms with Gasteiger partial charge in [-0.3, -0.25) is 4.79 Å². The summed E-state index contributed by atoms with van der Waals surface area (Å²) in [5.74, 6) is 0.00811. The quantitative estimate of drug-likeness (QED) is 0.0669. The fourth-order valence-corrected chi connectivity index (χ4v) is 4.28. The molecule has 200 valence electrons. The van der Waals surface area contributed by atoms with Crippen LogP contribution >= 0.6 is 0 Å². The summed E-state index contributed by atoms with van der Waals surface area (Å²) in [7, 11) is 0. The summed E-state index contributed by atoms with van der Waals surface area (Å²) >= 11 is 0. The molecule has 0 aromatic heterocycles. The number of hydrogen-bond acceptors (Lipinski definition) is 2. The van der Waals surface area contributed by atoms with Gasteiger partial charge in [-0.2, -0.15) is 0 Å². The van der Waals surface area contributed by atoms with E-state index in [1.54, 1.807) is 0 Å². The van der Waals surface area contributed by atoms with Gasteiger partial charge in [-0.05, 0) is 44.9 Å². The standard InChI is InChI=1S/C32H60O2/c1-3-5-7-9-11-13-15-17-18-19-20-22-24-26-28-30-32(33)34-31-29-27-25-23-21-16-14-12-10-8-6-4-2/h11,13,17-18H,3-10,12,14-16,19-31H2,1-2H3. The molecule has 0 amide bonds. The van der Waals surface area contributed by atoms with Crippen molar-refractivity contribution in [3.63, 3.8) is 0 Å². The molecule has 0 aliphatic carbocycles. The highest BCUT2D eigenvalue weighted by Gasteiger charge is 2.02. The molecule has 0 saturated carbocycles. The summed E-state index contributed by atoms with van der Waals surface area (Å²) < 4.78 is 5.40. The lowest BCUT2D eigenvalue weighted by atomic mass is 10.1. The zero-order valence-corrected chi connectivity index (χ0v) is 23.3. The average molecular weight is 477 g/mol. The summed E-state index contributed by atoms with van der Waals surface area (Å²) in [5, 5.41) is 0. The maximum absolute atomic E-state index is 11.8. The molecule has 0 aromatic carbocycles. The number of hydrogen-bond donors (Lipinski definition) is 0. The van der Waals surface area contributed by atoms with E-state index >= 15 is 0 Å². The van der Waals surface area contributed by atoms with E-state index in [-0.39, 0.29) is 5.97 Å². The van der Waals surface area contributed by atoms with Crippen LogP contribution in [0.4, 0.5) is 0 Å². The van der Waals surface area contributed by atoms with E-state index in [1.807, 2.05) is 0 Å². The van der Waals surface area contributed by atoms with Gasteiger partial charge in [0.05, 0.1) is 6.61 Å². The van der Waals surface area contributed by atoms with E-state index in [0.717, 1.165) is 25.7 Å².